The summed E-state index contributed by atoms with van der Waals surface area (Å²) in [6.45, 7) is 3.69. The Hall–Kier alpha value is -3.87. The number of methoxy groups -OCH3 is 1. The third kappa shape index (κ3) is 3.04. The van der Waals surface area contributed by atoms with Crippen molar-refractivity contribution in [1.29, 1.82) is 5.41 Å². The number of para-hydroxylation sites is 1. The molecule has 7 heteroatoms. The minimum absolute atomic E-state index is 0.0907. The minimum Gasteiger partial charge on any atom is -0.497 e. The number of benzene rings is 2. The zero-order valence-electron chi connectivity index (χ0n) is 16.8. The molecule has 0 saturated heterocycles. The summed E-state index contributed by atoms with van der Waals surface area (Å²) in [4.78, 5) is 28.8. The topological polar surface area (TPSA) is 105 Å². The zero-order chi connectivity index (χ0) is 21.4. The van der Waals surface area contributed by atoms with Gasteiger partial charge in [0, 0.05) is 10.9 Å². The second-order valence-corrected chi connectivity index (χ2v) is 6.79. The van der Waals surface area contributed by atoms with E-state index in [-0.39, 0.29) is 28.7 Å². The Bertz CT molecular complexity index is 1400. The van der Waals surface area contributed by atoms with Gasteiger partial charge in [-0.3, -0.25) is 10.2 Å². The lowest BCUT2D eigenvalue weighted by molar-refractivity contribution is 0.0522. The summed E-state index contributed by atoms with van der Waals surface area (Å²) in [5.41, 5.74) is 1.76. The maximum Gasteiger partial charge on any atom is 0.344 e. The van der Waals surface area contributed by atoms with Gasteiger partial charge in [0.25, 0.3) is 5.56 Å². The fourth-order valence-corrected chi connectivity index (χ4v) is 3.61. The average molecular weight is 404 g/mol. The molecule has 0 atom stereocenters. The van der Waals surface area contributed by atoms with Gasteiger partial charge in [-0.25, -0.2) is 4.79 Å². The number of aromatic amines is 1. The van der Waals surface area contributed by atoms with Crippen molar-refractivity contribution >= 4 is 27.8 Å². The van der Waals surface area contributed by atoms with E-state index in [9.17, 15) is 9.59 Å². The number of hydrogen-bond acceptors (Lipinski definition) is 6. The second kappa shape index (κ2) is 7.51. The van der Waals surface area contributed by atoms with Crippen LogP contribution in [0.15, 0.2) is 51.7 Å². The van der Waals surface area contributed by atoms with Crippen LogP contribution in [0.3, 0.4) is 0 Å². The number of aromatic nitrogens is 1. The molecular weight excluding hydrogens is 384 g/mol. The highest BCUT2D eigenvalue weighted by Gasteiger charge is 2.25. The van der Waals surface area contributed by atoms with Crippen molar-refractivity contribution in [3.05, 3.63) is 69.5 Å². The summed E-state index contributed by atoms with van der Waals surface area (Å²) in [6.07, 6.45) is 0. The van der Waals surface area contributed by atoms with Crippen molar-refractivity contribution in [3.8, 4) is 16.9 Å². The second-order valence-electron chi connectivity index (χ2n) is 6.79. The third-order valence-corrected chi connectivity index (χ3v) is 5.00. The van der Waals surface area contributed by atoms with E-state index in [0.29, 0.717) is 27.8 Å². The summed E-state index contributed by atoms with van der Waals surface area (Å²) in [5, 5.41) is 9.27. The van der Waals surface area contributed by atoms with Crippen LogP contribution in [0.1, 0.15) is 22.8 Å². The van der Waals surface area contributed by atoms with Gasteiger partial charge in [-0.05, 0) is 43.2 Å². The number of hydrogen-bond donors (Lipinski definition) is 2. The van der Waals surface area contributed by atoms with E-state index in [1.54, 1.807) is 38.3 Å². The molecule has 4 rings (SSSR count). The molecule has 0 radical (unpaired) electrons. The molecule has 152 valence electrons. The highest BCUT2D eigenvalue weighted by atomic mass is 16.5. The maximum absolute atomic E-state index is 13.2. The van der Waals surface area contributed by atoms with Gasteiger partial charge in [0.15, 0.2) is 5.58 Å². The number of ether oxygens (including phenoxy) is 2. The Kier molecular flexibility index (Phi) is 4.87. The number of fused-ring (bicyclic) bond motifs is 3. The number of aryl methyl sites for hydroxylation is 1. The van der Waals surface area contributed by atoms with Crippen molar-refractivity contribution in [1.82, 2.24) is 4.98 Å². The first-order valence-corrected chi connectivity index (χ1v) is 9.44. The van der Waals surface area contributed by atoms with Crippen LogP contribution in [0, 0.1) is 12.3 Å². The Morgan fingerprint density at radius 3 is 2.57 bits per heavy atom. The van der Waals surface area contributed by atoms with Crippen molar-refractivity contribution in [2.45, 2.75) is 13.8 Å². The molecule has 0 fully saturated rings. The predicted molar refractivity (Wildman–Crippen MR) is 113 cm³/mol. The van der Waals surface area contributed by atoms with Gasteiger partial charge in [-0.2, -0.15) is 0 Å². The average Bonchev–Trinajstić information content (AvgIpc) is 2.74. The summed E-state index contributed by atoms with van der Waals surface area (Å²) >= 11 is 0. The molecule has 0 aliphatic heterocycles. The van der Waals surface area contributed by atoms with Gasteiger partial charge in [-0.15, -0.1) is 0 Å². The molecule has 30 heavy (non-hydrogen) atoms. The predicted octanol–water partition coefficient (Wildman–Crippen LogP) is 3.91. The van der Waals surface area contributed by atoms with Crippen LogP contribution in [-0.4, -0.2) is 24.7 Å². The van der Waals surface area contributed by atoms with Crippen LogP contribution in [0.5, 0.6) is 5.75 Å². The smallest absolute Gasteiger partial charge is 0.344 e. The molecule has 0 amide bonds. The van der Waals surface area contributed by atoms with Crippen molar-refractivity contribution < 1.29 is 18.7 Å². The van der Waals surface area contributed by atoms with E-state index in [0.717, 1.165) is 5.56 Å². The van der Waals surface area contributed by atoms with Gasteiger partial charge in [0.05, 0.1) is 24.6 Å². The summed E-state index contributed by atoms with van der Waals surface area (Å²) in [5.74, 6) is -0.0925. The molecule has 2 N–H and O–H groups in total. The molecule has 0 unspecified atom stereocenters. The van der Waals surface area contributed by atoms with Gasteiger partial charge in [-0.1, -0.05) is 24.3 Å². The molecule has 7 nitrogen and oxygen atoms in total. The van der Waals surface area contributed by atoms with Crippen LogP contribution < -0.4 is 15.9 Å². The van der Waals surface area contributed by atoms with E-state index < -0.39 is 11.5 Å². The molecule has 0 aliphatic carbocycles. The lowest BCUT2D eigenvalue weighted by Crippen LogP contribution is -2.21. The van der Waals surface area contributed by atoms with Crippen LogP contribution in [0.4, 0.5) is 0 Å². The SMILES string of the molecule is CCOC(=O)c1c(-c2ccc(OC)cc2)c2c(=O)[nH]c3c(C)cccc3c2oc1=N. The third-order valence-electron chi connectivity index (χ3n) is 5.00. The Labute approximate surface area is 171 Å². The van der Waals surface area contributed by atoms with E-state index in [2.05, 4.69) is 4.98 Å². The van der Waals surface area contributed by atoms with Crippen molar-refractivity contribution in [2.75, 3.05) is 13.7 Å². The number of carbonyl (C=O) groups excluding carboxylic acids is 1. The minimum atomic E-state index is -0.720. The maximum atomic E-state index is 13.2. The molecular formula is C23H20N2O5. The molecule has 2 heterocycles. The van der Waals surface area contributed by atoms with Gasteiger partial charge in [0.1, 0.15) is 11.3 Å². The van der Waals surface area contributed by atoms with Gasteiger partial charge >= 0.3 is 5.97 Å². The largest absolute Gasteiger partial charge is 0.497 e. The van der Waals surface area contributed by atoms with Crippen LogP contribution >= 0.6 is 0 Å². The van der Waals surface area contributed by atoms with E-state index in [1.165, 1.54) is 0 Å². The zero-order valence-corrected chi connectivity index (χ0v) is 16.8. The molecule has 2 aromatic heterocycles. The number of H-pyrrole nitrogens is 1. The summed E-state index contributed by atoms with van der Waals surface area (Å²) < 4.78 is 16.1. The van der Waals surface area contributed by atoms with Crippen LogP contribution in [0.25, 0.3) is 33.0 Å². The molecule has 2 aromatic carbocycles. The Balaban J connectivity index is 2.21. The van der Waals surface area contributed by atoms with E-state index in [4.69, 9.17) is 19.3 Å². The lowest BCUT2D eigenvalue weighted by Gasteiger charge is -2.14. The van der Waals surface area contributed by atoms with Gasteiger partial charge < -0.3 is 18.9 Å². The first kappa shape index (κ1) is 19.4. The quantitative estimate of drug-likeness (QED) is 0.396. The van der Waals surface area contributed by atoms with Crippen molar-refractivity contribution in [2.24, 2.45) is 0 Å². The molecule has 4 aromatic rings. The number of pyridine rings is 1. The molecule has 0 bridgehead atoms. The van der Waals surface area contributed by atoms with E-state index in [1.807, 2.05) is 25.1 Å². The summed E-state index contributed by atoms with van der Waals surface area (Å²) in [7, 11) is 1.55. The normalized spacial score (nSPS) is 11.0. The molecule has 0 aliphatic rings. The van der Waals surface area contributed by atoms with Crippen LogP contribution in [-0.2, 0) is 4.74 Å². The summed E-state index contributed by atoms with van der Waals surface area (Å²) in [6, 6.07) is 12.5. The monoisotopic (exact) mass is 404 g/mol. The molecule has 0 spiro atoms. The van der Waals surface area contributed by atoms with Gasteiger partial charge in [0.2, 0.25) is 5.55 Å². The molecule has 0 saturated carbocycles. The fraction of sp³-hybridized carbons (Fsp3) is 0.174. The van der Waals surface area contributed by atoms with Crippen LogP contribution in [0.2, 0.25) is 0 Å². The highest BCUT2D eigenvalue weighted by molar-refractivity contribution is 6.12. The highest BCUT2D eigenvalue weighted by Crippen LogP contribution is 2.33. The fourth-order valence-electron chi connectivity index (χ4n) is 3.61. The first-order valence-electron chi connectivity index (χ1n) is 9.44. The number of rotatable bonds is 4. The Morgan fingerprint density at radius 1 is 1.17 bits per heavy atom. The standard InChI is InChI=1S/C23H20N2O5/c1-4-29-23(27)18-16(13-8-10-14(28-3)11-9-13)17-20(30-21(18)24)15-7-5-6-12(2)19(15)25-22(17)26/h5-11,24H,4H2,1-3H3,(H,25,26). The van der Waals surface area contributed by atoms with Crippen molar-refractivity contribution in [3.63, 3.8) is 0 Å². The number of esters is 1. The first-order chi connectivity index (χ1) is 14.5. The van der Waals surface area contributed by atoms with E-state index >= 15 is 0 Å². The Morgan fingerprint density at radius 2 is 1.90 bits per heavy atom. The number of carbonyl (C=O) groups is 1. The lowest BCUT2D eigenvalue weighted by atomic mass is 9.96. The number of nitrogens with one attached hydrogen (secondary N) is 2.